The van der Waals surface area contributed by atoms with Gasteiger partial charge in [-0.05, 0) is 22.9 Å². The number of hydrogen-bond donors (Lipinski definition) is 0. The van der Waals surface area contributed by atoms with Crippen molar-refractivity contribution in [1.29, 1.82) is 0 Å². The third-order valence-corrected chi connectivity index (χ3v) is 11.1. The predicted octanol–water partition coefficient (Wildman–Crippen LogP) is 0.604. The first kappa shape index (κ1) is 17.3. The fourth-order valence-electron chi connectivity index (χ4n) is 2.32. The Morgan fingerprint density at radius 1 is 0.833 bits per heavy atom. The van der Waals surface area contributed by atoms with Gasteiger partial charge in [0.05, 0.1) is 18.1 Å². The van der Waals surface area contributed by atoms with Crippen LogP contribution in [0.2, 0.25) is 0 Å². The third kappa shape index (κ3) is 2.93. The fourth-order valence-corrected chi connectivity index (χ4v) is 8.89. The van der Waals surface area contributed by atoms with Gasteiger partial charge in [0.25, 0.3) is 0 Å². The summed E-state index contributed by atoms with van der Waals surface area (Å²) in [4.78, 5) is -0.451. The summed E-state index contributed by atoms with van der Waals surface area (Å²) in [6.07, 6.45) is 0. The van der Waals surface area contributed by atoms with Crippen LogP contribution in [0, 0.1) is 0 Å². The molecule has 0 aromatic heterocycles. The van der Waals surface area contributed by atoms with Crippen LogP contribution < -0.4 is 0 Å². The van der Waals surface area contributed by atoms with Gasteiger partial charge in [0.1, 0.15) is 0 Å². The van der Waals surface area contributed by atoms with Crippen molar-refractivity contribution < 1.29 is 33.6 Å². The number of rotatable bonds is 2. The van der Waals surface area contributed by atoms with Crippen molar-refractivity contribution >= 4 is 40.8 Å². The van der Waals surface area contributed by atoms with E-state index in [0.29, 0.717) is 5.39 Å². The molecule has 130 valence electrons. The standard InChI is InChI=1S/C13H12O8S3/c14-22(15,12-6-5-10-3-1-2-4-11(10)9-12)13-23(16,17)20-7-8-21-24(13,18)19/h1-6,9,13H,7-8H2. The van der Waals surface area contributed by atoms with Crippen molar-refractivity contribution in [3.05, 3.63) is 42.5 Å². The lowest BCUT2D eigenvalue weighted by Gasteiger charge is -2.14. The molecule has 11 heteroatoms. The van der Waals surface area contributed by atoms with Crippen molar-refractivity contribution in [2.24, 2.45) is 0 Å². The highest BCUT2D eigenvalue weighted by Crippen LogP contribution is 2.30. The van der Waals surface area contributed by atoms with E-state index in [-0.39, 0.29) is 0 Å². The molecule has 0 spiro atoms. The van der Waals surface area contributed by atoms with Gasteiger partial charge in [-0.1, -0.05) is 30.3 Å². The summed E-state index contributed by atoms with van der Waals surface area (Å²) in [5.41, 5.74) is 0. The molecule has 2 aromatic rings. The second-order valence-corrected chi connectivity index (χ2v) is 11.3. The summed E-state index contributed by atoms with van der Waals surface area (Å²) in [5.74, 6) is 0. The van der Waals surface area contributed by atoms with Crippen LogP contribution >= 0.6 is 0 Å². The van der Waals surface area contributed by atoms with Gasteiger partial charge < -0.3 is 0 Å². The zero-order chi connectivity index (χ0) is 17.6. The van der Waals surface area contributed by atoms with Crippen LogP contribution in [-0.4, -0.2) is 42.4 Å². The molecule has 0 N–H and O–H groups in total. The normalized spacial score (nSPS) is 21.3. The maximum Gasteiger partial charge on any atom is 0.316 e. The average molecular weight is 392 g/mol. The van der Waals surface area contributed by atoms with Crippen molar-refractivity contribution in [3.63, 3.8) is 0 Å². The van der Waals surface area contributed by atoms with E-state index in [9.17, 15) is 25.3 Å². The molecule has 0 radical (unpaired) electrons. The number of fused-ring (bicyclic) bond motifs is 1. The molecule has 8 nitrogen and oxygen atoms in total. The van der Waals surface area contributed by atoms with E-state index in [1.807, 2.05) is 0 Å². The van der Waals surface area contributed by atoms with Crippen LogP contribution in [0.5, 0.6) is 0 Å². The third-order valence-electron chi connectivity index (χ3n) is 3.35. The van der Waals surface area contributed by atoms with Crippen LogP contribution in [0.1, 0.15) is 0 Å². The Bertz CT molecular complexity index is 1060. The Balaban J connectivity index is 2.23. The van der Waals surface area contributed by atoms with Gasteiger partial charge in [0.2, 0.25) is 9.84 Å². The van der Waals surface area contributed by atoms with Crippen LogP contribution in [0.3, 0.4) is 0 Å². The predicted molar refractivity (Wildman–Crippen MR) is 84.7 cm³/mol. The largest absolute Gasteiger partial charge is 0.316 e. The first-order valence-electron chi connectivity index (χ1n) is 6.64. The molecule has 2 aromatic carbocycles. The minimum Gasteiger partial charge on any atom is -0.266 e. The molecule has 1 aliphatic rings. The minimum atomic E-state index is -4.93. The number of sulfone groups is 1. The maximum absolute atomic E-state index is 12.7. The summed E-state index contributed by atoms with van der Waals surface area (Å²) < 4.78 is 79.5. The summed E-state index contributed by atoms with van der Waals surface area (Å²) >= 11 is 0. The minimum absolute atomic E-state index is 0.451. The molecule has 0 atom stereocenters. The topological polar surface area (TPSA) is 121 Å². The van der Waals surface area contributed by atoms with Crippen molar-refractivity contribution in [2.75, 3.05) is 13.2 Å². The Morgan fingerprint density at radius 2 is 1.38 bits per heavy atom. The summed E-state index contributed by atoms with van der Waals surface area (Å²) in [7, 11) is -14.7. The van der Waals surface area contributed by atoms with Gasteiger partial charge in [0.15, 0.2) is 0 Å². The zero-order valence-electron chi connectivity index (χ0n) is 12.0. The van der Waals surface area contributed by atoms with Gasteiger partial charge >= 0.3 is 24.2 Å². The smallest absolute Gasteiger partial charge is 0.266 e. The molecule has 1 heterocycles. The molecule has 0 amide bonds. The van der Waals surface area contributed by atoms with E-state index in [4.69, 9.17) is 0 Å². The lowest BCUT2D eigenvalue weighted by atomic mass is 10.1. The van der Waals surface area contributed by atoms with E-state index in [2.05, 4.69) is 8.37 Å². The van der Waals surface area contributed by atoms with Crippen molar-refractivity contribution in [1.82, 2.24) is 0 Å². The van der Waals surface area contributed by atoms with E-state index >= 15 is 0 Å². The molecule has 0 bridgehead atoms. The molecule has 1 saturated heterocycles. The molecule has 3 rings (SSSR count). The lowest BCUT2D eigenvalue weighted by molar-refractivity contribution is 0.237. The SMILES string of the molecule is O=S1(=O)OCCOS(=O)(=O)C1S(=O)(=O)c1ccc2ccccc2c1. The Morgan fingerprint density at radius 3 is 1.96 bits per heavy atom. The average Bonchev–Trinajstić information content (AvgIpc) is 2.61. The molecular weight excluding hydrogens is 380 g/mol. The highest BCUT2D eigenvalue weighted by atomic mass is 32.3. The first-order chi connectivity index (χ1) is 11.1. The molecular formula is C13H12O8S3. The van der Waals surface area contributed by atoms with E-state index in [0.717, 1.165) is 11.5 Å². The second kappa shape index (κ2) is 5.77. The zero-order valence-corrected chi connectivity index (χ0v) is 14.5. The molecule has 24 heavy (non-hydrogen) atoms. The lowest BCUT2D eigenvalue weighted by Crippen LogP contribution is -2.38. The molecule has 1 fully saturated rings. The molecule has 0 unspecified atom stereocenters. The van der Waals surface area contributed by atoms with E-state index in [1.54, 1.807) is 24.3 Å². The summed E-state index contributed by atoms with van der Waals surface area (Å²) in [6.45, 7) is -1.16. The Labute approximate surface area is 139 Å². The molecule has 0 saturated carbocycles. The van der Waals surface area contributed by atoms with E-state index < -0.39 is 52.1 Å². The summed E-state index contributed by atoms with van der Waals surface area (Å²) in [6, 6.07) is 10.6. The summed E-state index contributed by atoms with van der Waals surface area (Å²) in [5, 5.41) is 1.24. The van der Waals surface area contributed by atoms with Crippen molar-refractivity contribution in [3.8, 4) is 0 Å². The van der Waals surface area contributed by atoms with Gasteiger partial charge in [0, 0.05) is 0 Å². The highest BCUT2D eigenvalue weighted by molar-refractivity contribution is 8.21. The Hall–Kier alpha value is -1.53. The van der Waals surface area contributed by atoms with Gasteiger partial charge in [-0.15, -0.1) is 0 Å². The maximum atomic E-state index is 12.7. The van der Waals surface area contributed by atoms with Crippen molar-refractivity contribution in [2.45, 2.75) is 8.81 Å². The van der Waals surface area contributed by atoms with Gasteiger partial charge in [-0.2, -0.15) is 16.8 Å². The number of hydrogen-bond acceptors (Lipinski definition) is 8. The second-order valence-electron chi connectivity index (χ2n) is 4.97. The first-order valence-corrected chi connectivity index (χ1v) is 11.1. The van der Waals surface area contributed by atoms with Crippen LogP contribution in [0.15, 0.2) is 47.4 Å². The highest BCUT2D eigenvalue weighted by Gasteiger charge is 2.52. The van der Waals surface area contributed by atoms with Crippen LogP contribution in [-0.2, 0) is 38.4 Å². The van der Waals surface area contributed by atoms with Gasteiger partial charge in [-0.3, -0.25) is 8.37 Å². The van der Waals surface area contributed by atoms with Crippen LogP contribution in [0.4, 0.5) is 0 Å². The monoisotopic (exact) mass is 392 g/mol. The number of benzene rings is 2. The quantitative estimate of drug-likeness (QED) is 0.681. The Kier molecular flexibility index (Phi) is 4.16. The van der Waals surface area contributed by atoms with E-state index in [1.165, 1.54) is 12.1 Å². The fraction of sp³-hybridized carbons (Fsp3) is 0.231. The molecule has 1 aliphatic heterocycles. The molecule has 0 aliphatic carbocycles. The van der Waals surface area contributed by atoms with Gasteiger partial charge in [-0.25, -0.2) is 8.42 Å². The van der Waals surface area contributed by atoms with Crippen LogP contribution in [0.25, 0.3) is 10.8 Å².